The van der Waals surface area contributed by atoms with Gasteiger partial charge in [-0.25, -0.2) is 4.98 Å². The summed E-state index contributed by atoms with van der Waals surface area (Å²) < 4.78 is 0. The second kappa shape index (κ2) is 4.70. The lowest BCUT2D eigenvalue weighted by molar-refractivity contribution is 0.0676. The molecule has 6 nitrogen and oxygen atoms in total. The predicted octanol–water partition coefficient (Wildman–Crippen LogP) is -0.777. The number of likely N-dealkylation sites (N-methyl/N-ethyl adjacent to an activating group) is 1. The minimum absolute atomic E-state index is 0.119. The molecule has 1 rings (SSSR count). The van der Waals surface area contributed by atoms with Crippen LogP contribution in [0.5, 0.6) is 0 Å². The minimum atomic E-state index is -0.357. The number of H-pyrrole nitrogens is 1. The van der Waals surface area contributed by atoms with Gasteiger partial charge in [-0.15, -0.1) is 0 Å². The molecular formula is C9H13N3O3. The Balaban J connectivity index is 2.85. The van der Waals surface area contributed by atoms with Crippen LogP contribution in [0.4, 0.5) is 0 Å². The van der Waals surface area contributed by atoms with E-state index in [0.717, 1.165) is 6.20 Å². The van der Waals surface area contributed by atoms with Crippen molar-refractivity contribution in [3.8, 4) is 0 Å². The van der Waals surface area contributed by atoms with Crippen molar-refractivity contribution in [2.24, 2.45) is 0 Å². The number of aromatic nitrogens is 2. The number of hydrogen-bond acceptors (Lipinski definition) is 4. The van der Waals surface area contributed by atoms with Crippen molar-refractivity contribution < 1.29 is 9.90 Å². The quantitative estimate of drug-likeness (QED) is 0.687. The molecule has 0 saturated heterocycles. The molecule has 1 amide bonds. The molecule has 0 fully saturated rings. The third-order valence-corrected chi connectivity index (χ3v) is 2.14. The lowest BCUT2D eigenvalue weighted by Gasteiger charge is -2.22. The summed E-state index contributed by atoms with van der Waals surface area (Å²) in [6.45, 7) is 1.59. The number of rotatable bonds is 3. The maximum atomic E-state index is 11.7. The van der Waals surface area contributed by atoms with Gasteiger partial charge in [0.25, 0.3) is 11.5 Å². The third kappa shape index (κ3) is 2.63. The first-order chi connectivity index (χ1) is 7.06. The smallest absolute Gasteiger partial charge is 0.274 e. The number of aromatic amines is 1. The fourth-order valence-corrected chi connectivity index (χ4v) is 0.962. The van der Waals surface area contributed by atoms with Crippen LogP contribution in [0.2, 0.25) is 0 Å². The number of aliphatic hydroxyl groups excluding tert-OH is 1. The Hall–Kier alpha value is -1.69. The highest BCUT2D eigenvalue weighted by atomic mass is 16.3. The molecule has 6 heteroatoms. The molecule has 0 spiro atoms. The molecule has 82 valence electrons. The molecule has 1 unspecified atom stereocenters. The Morgan fingerprint density at radius 3 is 2.87 bits per heavy atom. The van der Waals surface area contributed by atoms with Crippen LogP contribution in [0.3, 0.4) is 0 Å². The van der Waals surface area contributed by atoms with Crippen LogP contribution in [-0.2, 0) is 0 Å². The van der Waals surface area contributed by atoms with Gasteiger partial charge in [-0.1, -0.05) is 0 Å². The second-order valence-electron chi connectivity index (χ2n) is 3.24. The first-order valence-corrected chi connectivity index (χ1v) is 4.49. The van der Waals surface area contributed by atoms with Crippen molar-refractivity contribution in [2.75, 3.05) is 13.7 Å². The predicted molar refractivity (Wildman–Crippen MR) is 53.5 cm³/mol. The zero-order valence-electron chi connectivity index (χ0n) is 8.60. The number of carbonyl (C=O) groups is 1. The van der Waals surface area contributed by atoms with Crippen LogP contribution in [-0.4, -0.2) is 45.6 Å². The Labute approximate surface area is 86.6 Å². The molecule has 0 aromatic carbocycles. The average molecular weight is 211 g/mol. The van der Waals surface area contributed by atoms with E-state index < -0.39 is 0 Å². The molecule has 0 saturated carbocycles. The normalized spacial score (nSPS) is 12.2. The van der Waals surface area contributed by atoms with Crippen LogP contribution < -0.4 is 5.56 Å². The summed E-state index contributed by atoms with van der Waals surface area (Å²) in [4.78, 5) is 29.8. The summed E-state index contributed by atoms with van der Waals surface area (Å²) >= 11 is 0. The van der Waals surface area contributed by atoms with Gasteiger partial charge < -0.3 is 15.0 Å². The molecule has 0 aliphatic rings. The van der Waals surface area contributed by atoms with E-state index in [1.807, 2.05) is 0 Å². The van der Waals surface area contributed by atoms with E-state index in [-0.39, 0.29) is 29.8 Å². The van der Waals surface area contributed by atoms with Crippen molar-refractivity contribution in [1.82, 2.24) is 14.9 Å². The van der Waals surface area contributed by atoms with Crippen molar-refractivity contribution in [3.63, 3.8) is 0 Å². The van der Waals surface area contributed by atoms with E-state index in [1.165, 1.54) is 11.1 Å². The number of nitrogens with one attached hydrogen (secondary N) is 1. The largest absolute Gasteiger partial charge is 0.394 e. The molecule has 0 radical (unpaired) electrons. The Morgan fingerprint density at radius 2 is 2.40 bits per heavy atom. The van der Waals surface area contributed by atoms with Crippen LogP contribution in [0.1, 0.15) is 17.4 Å². The molecule has 15 heavy (non-hydrogen) atoms. The van der Waals surface area contributed by atoms with Gasteiger partial charge in [0.1, 0.15) is 5.69 Å². The first-order valence-electron chi connectivity index (χ1n) is 4.49. The van der Waals surface area contributed by atoms with Crippen LogP contribution in [0.25, 0.3) is 0 Å². The minimum Gasteiger partial charge on any atom is -0.394 e. The summed E-state index contributed by atoms with van der Waals surface area (Å²) in [5.41, 5.74) is -0.207. The maximum absolute atomic E-state index is 11.7. The molecule has 0 bridgehead atoms. The molecule has 1 aromatic rings. The lowest BCUT2D eigenvalue weighted by atomic mass is 10.3. The first kappa shape index (κ1) is 11.4. The topological polar surface area (TPSA) is 86.3 Å². The van der Waals surface area contributed by atoms with E-state index in [4.69, 9.17) is 5.11 Å². The number of carbonyl (C=O) groups excluding carboxylic acids is 1. The summed E-state index contributed by atoms with van der Waals surface area (Å²) in [6.07, 6.45) is 2.30. The SMILES string of the molecule is CC(CO)N(C)C(=O)c1c[nH]c(=O)cn1. The van der Waals surface area contributed by atoms with Gasteiger partial charge in [0.15, 0.2) is 0 Å². The zero-order chi connectivity index (χ0) is 11.4. The molecule has 2 N–H and O–H groups in total. The summed E-state index contributed by atoms with van der Waals surface area (Å²) in [5.74, 6) is -0.340. The molecule has 1 aromatic heterocycles. The van der Waals surface area contributed by atoms with Gasteiger partial charge in [0.2, 0.25) is 0 Å². The van der Waals surface area contributed by atoms with Crippen molar-refractivity contribution in [2.45, 2.75) is 13.0 Å². The lowest BCUT2D eigenvalue weighted by Crippen LogP contribution is -2.38. The van der Waals surface area contributed by atoms with Crippen molar-refractivity contribution in [1.29, 1.82) is 0 Å². The molecule has 1 atom stereocenters. The van der Waals surface area contributed by atoms with Gasteiger partial charge in [0, 0.05) is 13.2 Å². The van der Waals surface area contributed by atoms with Crippen molar-refractivity contribution >= 4 is 5.91 Å². The van der Waals surface area contributed by atoms with Crippen LogP contribution in [0, 0.1) is 0 Å². The second-order valence-corrected chi connectivity index (χ2v) is 3.24. The summed E-state index contributed by atoms with van der Waals surface area (Å²) in [6, 6.07) is -0.286. The summed E-state index contributed by atoms with van der Waals surface area (Å²) in [7, 11) is 1.57. The number of amides is 1. The standard InChI is InChI=1S/C9H13N3O3/c1-6(5-13)12(2)9(15)7-3-11-8(14)4-10-7/h3-4,6,13H,5H2,1-2H3,(H,11,14). The zero-order valence-corrected chi connectivity index (χ0v) is 8.60. The maximum Gasteiger partial charge on any atom is 0.274 e. The van der Waals surface area contributed by atoms with E-state index >= 15 is 0 Å². The Kier molecular flexibility index (Phi) is 3.56. The van der Waals surface area contributed by atoms with Gasteiger partial charge >= 0.3 is 0 Å². The molecule has 0 aliphatic heterocycles. The number of nitrogens with zero attached hydrogens (tertiary/aromatic N) is 2. The monoisotopic (exact) mass is 211 g/mol. The van der Waals surface area contributed by atoms with Gasteiger partial charge in [-0.2, -0.15) is 0 Å². The average Bonchev–Trinajstić information content (AvgIpc) is 2.27. The third-order valence-electron chi connectivity index (χ3n) is 2.14. The van der Waals surface area contributed by atoms with Crippen molar-refractivity contribution in [3.05, 3.63) is 28.4 Å². The Morgan fingerprint density at radius 1 is 1.73 bits per heavy atom. The van der Waals surface area contributed by atoms with E-state index in [1.54, 1.807) is 14.0 Å². The highest BCUT2D eigenvalue weighted by Crippen LogP contribution is 2.01. The van der Waals surface area contributed by atoms with Gasteiger partial charge in [0.05, 0.1) is 18.8 Å². The van der Waals surface area contributed by atoms with E-state index in [2.05, 4.69) is 9.97 Å². The number of aliphatic hydroxyl groups is 1. The fourth-order valence-electron chi connectivity index (χ4n) is 0.962. The summed E-state index contributed by atoms with van der Waals surface area (Å²) in [5, 5.41) is 8.87. The van der Waals surface area contributed by atoms with E-state index in [0.29, 0.717) is 0 Å². The van der Waals surface area contributed by atoms with Gasteiger partial charge in [-0.3, -0.25) is 9.59 Å². The fraction of sp³-hybridized carbons (Fsp3) is 0.444. The van der Waals surface area contributed by atoms with Crippen LogP contribution >= 0.6 is 0 Å². The van der Waals surface area contributed by atoms with Gasteiger partial charge in [-0.05, 0) is 6.92 Å². The number of hydrogen-bond donors (Lipinski definition) is 2. The highest BCUT2D eigenvalue weighted by molar-refractivity contribution is 5.91. The Bertz CT molecular complexity index is 381. The molecule has 1 heterocycles. The van der Waals surface area contributed by atoms with E-state index in [9.17, 15) is 9.59 Å². The highest BCUT2D eigenvalue weighted by Gasteiger charge is 2.17. The van der Waals surface area contributed by atoms with Crippen LogP contribution in [0.15, 0.2) is 17.2 Å². The molecular weight excluding hydrogens is 198 g/mol. The molecule has 0 aliphatic carbocycles.